The number of nitrogens with two attached hydrogens (primary N) is 1. The minimum absolute atomic E-state index is 0.0146. The molecule has 0 unspecified atom stereocenters. The van der Waals surface area contributed by atoms with Gasteiger partial charge in [0, 0.05) is 30.8 Å². The molecule has 8 nitrogen and oxygen atoms in total. The number of carbonyl (C=O) groups is 3. The smallest absolute Gasteiger partial charge is 0.352 e. The van der Waals surface area contributed by atoms with Gasteiger partial charge in [-0.25, -0.2) is 4.79 Å². The minimum Gasteiger partial charge on any atom is -0.477 e. The third-order valence-electron chi connectivity index (χ3n) is 5.87. The van der Waals surface area contributed by atoms with Crippen molar-refractivity contribution in [3.8, 4) is 0 Å². The Morgan fingerprint density at radius 1 is 1.15 bits per heavy atom. The Bertz CT molecular complexity index is 735. The van der Waals surface area contributed by atoms with Gasteiger partial charge in [-0.2, -0.15) is 0 Å². The van der Waals surface area contributed by atoms with Crippen molar-refractivity contribution in [2.24, 2.45) is 5.73 Å². The molecule has 26 heavy (non-hydrogen) atoms. The number of allylic oxidation sites excluding steroid dienone is 1. The summed E-state index contributed by atoms with van der Waals surface area (Å²) in [7, 11) is 0. The average Bonchev–Trinajstić information content (AvgIpc) is 3.07. The highest BCUT2D eigenvalue weighted by molar-refractivity contribution is 6.02. The Morgan fingerprint density at radius 2 is 1.88 bits per heavy atom. The van der Waals surface area contributed by atoms with Crippen molar-refractivity contribution in [3.05, 3.63) is 22.5 Å². The Kier molecular flexibility index (Phi) is 4.22. The second-order valence-corrected chi connectivity index (χ2v) is 7.35. The number of nitrogens with zero attached hydrogens (tertiary/aromatic N) is 2. The molecule has 0 bridgehead atoms. The molecule has 4 N–H and O–H groups in total. The second kappa shape index (κ2) is 6.42. The van der Waals surface area contributed by atoms with Crippen LogP contribution in [0.25, 0.3) is 0 Å². The summed E-state index contributed by atoms with van der Waals surface area (Å²) in [6.07, 6.45) is 4.90. The number of nitrogens with one attached hydrogen (secondary N) is 1. The number of fused-ring (bicyclic) bond motifs is 1. The van der Waals surface area contributed by atoms with Crippen LogP contribution in [-0.4, -0.2) is 64.4 Å². The highest BCUT2D eigenvalue weighted by Crippen LogP contribution is 2.41. The first kappa shape index (κ1) is 17.1. The zero-order valence-corrected chi connectivity index (χ0v) is 14.7. The van der Waals surface area contributed by atoms with E-state index in [9.17, 15) is 19.5 Å². The molecule has 0 radical (unpaired) electrons. The molecule has 4 aliphatic rings. The summed E-state index contributed by atoms with van der Waals surface area (Å²) in [5, 5.41) is 12.7. The van der Waals surface area contributed by atoms with Gasteiger partial charge in [-0.1, -0.05) is 0 Å². The number of carboxylic acids is 1. The quantitative estimate of drug-likeness (QED) is 0.479. The number of hydrogen-bond acceptors (Lipinski definition) is 5. The fourth-order valence-corrected chi connectivity index (χ4v) is 4.60. The van der Waals surface area contributed by atoms with E-state index < -0.39 is 12.0 Å². The number of carbonyl (C=O) groups excluding carboxylic acids is 2. The lowest BCUT2D eigenvalue weighted by molar-refractivity contribution is -0.152. The molecule has 2 atom stereocenters. The van der Waals surface area contributed by atoms with Crippen molar-refractivity contribution in [3.63, 3.8) is 0 Å². The van der Waals surface area contributed by atoms with E-state index >= 15 is 0 Å². The lowest BCUT2D eigenvalue weighted by Gasteiger charge is -2.49. The van der Waals surface area contributed by atoms with Crippen LogP contribution in [0.3, 0.4) is 0 Å². The summed E-state index contributed by atoms with van der Waals surface area (Å²) in [4.78, 5) is 40.2. The summed E-state index contributed by atoms with van der Waals surface area (Å²) in [6, 6.07) is -0.867. The van der Waals surface area contributed by atoms with E-state index in [0.29, 0.717) is 37.0 Å². The largest absolute Gasteiger partial charge is 0.477 e. The van der Waals surface area contributed by atoms with Crippen molar-refractivity contribution < 1.29 is 19.5 Å². The Labute approximate surface area is 151 Å². The van der Waals surface area contributed by atoms with Gasteiger partial charge in [0.05, 0.1) is 11.7 Å². The summed E-state index contributed by atoms with van der Waals surface area (Å²) in [6.45, 7) is 2.18. The number of aliphatic carboxylic acids is 1. The van der Waals surface area contributed by atoms with Crippen molar-refractivity contribution in [2.45, 2.75) is 50.6 Å². The monoisotopic (exact) mass is 360 g/mol. The van der Waals surface area contributed by atoms with E-state index in [-0.39, 0.29) is 23.6 Å². The number of hydrogen-bond donors (Lipinski definition) is 3. The molecule has 0 aromatic carbocycles. The Morgan fingerprint density at radius 3 is 2.50 bits per heavy atom. The van der Waals surface area contributed by atoms with E-state index in [0.717, 1.165) is 38.0 Å². The molecule has 4 heterocycles. The van der Waals surface area contributed by atoms with Gasteiger partial charge >= 0.3 is 5.97 Å². The first-order valence-electron chi connectivity index (χ1n) is 9.32. The Hall–Kier alpha value is -2.35. The maximum Gasteiger partial charge on any atom is 0.352 e. The standard InChI is InChI=1S/C18H24N4O4/c19-13-12-5-4-10(15(18(25)26)22(12)17(13)24)14(11-6-7-20-16(11)23)21-8-2-1-3-9-21/h12-13H,1-9,19H2,(H,20,23)(H,25,26)/t12-,13+/m1/s1. The zero-order valence-electron chi connectivity index (χ0n) is 14.7. The predicted molar refractivity (Wildman–Crippen MR) is 92.6 cm³/mol. The molecule has 4 rings (SSSR count). The molecule has 0 spiro atoms. The van der Waals surface area contributed by atoms with E-state index in [1.807, 2.05) is 0 Å². The number of rotatable bonds is 3. The van der Waals surface area contributed by atoms with Gasteiger partial charge in [0.25, 0.3) is 0 Å². The predicted octanol–water partition coefficient (Wildman–Crippen LogP) is -0.0831. The minimum atomic E-state index is -1.13. The van der Waals surface area contributed by atoms with E-state index in [1.54, 1.807) is 0 Å². The molecule has 140 valence electrons. The van der Waals surface area contributed by atoms with E-state index in [1.165, 1.54) is 4.90 Å². The molecule has 8 heteroatoms. The van der Waals surface area contributed by atoms with Crippen LogP contribution < -0.4 is 11.1 Å². The fourth-order valence-electron chi connectivity index (χ4n) is 4.60. The van der Waals surface area contributed by atoms with Crippen LogP contribution in [0.4, 0.5) is 0 Å². The lowest BCUT2D eigenvalue weighted by Crippen LogP contribution is -2.69. The molecule has 3 saturated heterocycles. The van der Waals surface area contributed by atoms with Gasteiger partial charge in [-0.05, 0) is 38.5 Å². The molecule has 0 saturated carbocycles. The molecular weight excluding hydrogens is 336 g/mol. The Balaban J connectivity index is 1.85. The SMILES string of the molecule is N[C@@H]1C(=O)N2C(C(=O)O)=C(C(=C3CCNC3=O)N3CCCCC3)CC[C@H]12. The van der Waals surface area contributed by atoms with Gasteiger partial charge in [-0.3, -0.25) is 14.5 Å². The van der Waals surface area contributed by atoms with E-state index in [2.05, 4.69) is 10.2 Å². The normalized spacial score (nSPS) is 30.8. The van der Waals surface area contributed by atoms with Gasteiger partial charge in [-0.15, -0.1) is 0 Å². The van der Waals surface area contributed by atoms with Crippen molar-refractivity contribution in [1.29, 1.82) is 0 Å². The first-order valence-corrected chi connectivity index (χ1v) is 9.32. The number of likely N-dealkylation sites (tertiary alicyclic amines) is 1. The maximum atomic E-state index is 12.4. The van der Waals surface area contributed by atoms with Crippen LogP contribution in [0.1, 0.15) is 38.5 Å². The van der Waals surface area contributed by atoms with Crippen molar-refractivity contribution in [1.82, 2.24) is 15.1 Å². The highest BCUT2D eigenvalue weighted by Gasteiger charge is 2.52. The van der Waals surface area contributed by atoms with Crippen LogP contribution >= 0.6 is 0 Å². The fraction of sp³-hybridized carbons (Fsp3) is 0.611. The van der Waals surface area contributed by atoms with Crippen LogP contribution in [0.15, 0.2) is 22.5 Å². The lowest BCUT2D eigenvalue weighted by atomic mass is 9.82. The molecule has 0 aromatic rings. The maximum absolute atomic E-state index is 12.4. The van der Waals surface area contributed by atoms with Gasteiger partial charge in [0.15, 0.2) is 0 Å². The highest BCUT2D eigenvalue weighted by atomic mass is 16.4. The van der Waals surface area contributed by atoms with Gasteiger partial charge < -0.3 is 21.1 Å². The van der Waals surface area contributed by atoms with Crippen molar-refractivity contribution in [2.75, 3.05) is 19.6 Å². The molecule has 2 amide bonds. The summed E-state index contributed by atoms with van der Waals surface area (Å²) >= 11 is 0. The van der Waals surface area contributed by atoms with Gasteiger partial charge in [0.1, 0.15) is 11.7 Å². The van der Waals surface area contributed by atoms with Crippen molar-refractivity contribution >= 4 is 17.8 Å². The molecule has 0 aliphatic carbocycles. The number of β-lactam (4-membered cyclic amide) rings is 1. The third-order valence-corrected chi connectivity index (χ3v) is 5.87. The van der Waals surface area contributed by atoms with E-state index in [4.69, 9.17) is 5.73 Å². The number of piperidine rings is 1. The average molecular weight is 360 g/mol. The second-order valence-electron chi connectivity index (χ2n) is 7.35. The number of carboxylic acid groups (broad SMARTS) is 1. The summed E-state index contributed by atoms with van der Waals surface area (Å²) < 4.78 is 0. The summed E-state index contributed by atoms with van der Waals surface area (Å²) in [5.41, 5.74) is 7.87. The molecule has 0 aromatic heterocycles. The van der Waals surface area contributed by atoms with Crippen LogP contribution in [0, 0.1) is 0 Å². The van der Waals surface area contributed by atoms with Crippen LogP contribution in [0.2, 0.25) is 0 Å². The zero-order chi connectivity index (χ0) is 18.4. The number of amides is 2. The molecular formula is C18H24N4O4. The molecule has 3 fully saturated rings. The van der Waals surface area contributed by atoms with Gasteiger partial charge in [0.2, 0.25) is 11.8 Å². The van der Waals surface area contributed by atoms with Crippen LogP contribution in [0.5, 0.6) is 0 Å². The first-order chi connectivity index (χ1) is 12.5. The topological polar surface area (TPSA) is 116 Å². The molecule has 4 aliphatic heterocycles. The third kappa shape index (κ3) is 2.51. The van der Waals surface area contributed by atoms with Crippen LogP contribution in [-0.2, 0) is 14.4 Å². The summed E-state index contributed by atoms with van der Waals surface area (Å²) in [5.74, 6) is -1.60.